The Morgan fingerprint density at radius 2 is 2.08 bits per heavy atom. The lowest BCUT2D eigenvalue weighted by Crippen LogP contribution is -2.22. The van der Waals surface area contributed by atoms with Crippen LogP contribution in [0.25, 0.3) is 0 Å². The van der Waals surface area contributed by atoms with E-state index < -0.39 is 0 Å². The molecule has 1 amide bonds. The lowest BCUT2D eigenvalue weighted by Gasteiger charge is -2.22. The molecule has 0 aliphatic carbocycles. The van der Waals surface area contributed by atoms with Crippen LogP contribution in [0.5, 0.6) is 0 Å². The number of rotatable bonds is 6. The molecule has 3 rings (SSSR count). The van der Waals surface area contributed by atoms with Gasteiger partial charge < -0.3 is 10.2 Å². The molecule has 126 valence electrons. The van der Waals surface area contributed by atoms with Gasteiger partial charge in [0.2, 0.25) is 5.91 Å². The van der Waals surface area contributed by atoms with Crippen molar-refractivity contribution in [2.75, 3.05) is 29.1 Å². The topological polar surface area (TPSA) is 45.2 Å². The van der Waals surface area contributed by atoms with Gasteiger partial charge in [0.05, 0.1) is 11.4 Å². The molecule has 1 aliphatic rings. The number of anilines is 2. The molecule has 1 N–H and O–H groups in total. The molecular weight excluding hydrogens is 325 g/mol. The van der Waals surface area contributed by atoms with E-state index in [-0.39, 0.29) is 17.5 Å². The highest BCUT2D eigenvalue weighted by atomic mass is 32.2. The normalized spacial score (nSPS) is 14.0. The van der Waals surface area contributed by atoms with Crippen LogP contribution in [0.3, 0.4) is 0 Å². The summed E-state index contributed by atoms with van der Waals surface area (Å²) in [5.41, 5.74) is 2.14. The summed E-state index contributed by atoms with van der Waals surface area (Å²) < 4.78 is 14.2. The number of thioether (sulfide) groups is 1. The van der Waals surface area contributed by atoms with Crippen molar-refractivity contribution in [3.63, 3.8) is 0 Å². The van der Waals surface area contributed by atoms with Crippen LogP contribution < -0.4 is 10.2 Å². The van der Waals surface area contributed by atoms with E-state index in [9.17, 15) is 9.18 Å². The maximum atomic E-state index is 14.2. The number of nitrogens with one attached hydrogen (secondary N) is 1. The molecule has 0 radical (unpaired) electrons. The number of halogens is 1. The number of hydrogen-bond acceptors (Lipinski definition) is 4. The van der Waals surface area contributed by atoms with Gasteiger partial charge in [-0.3, -0.25) is 9.78 Å². The molecule has 2 aromatic rings. The second-order valence-corrected chi connectivity index (χ2v) is 6.72. The van der Waals surface area contributed by atoms with Gasteiger partial charge in [-0.25, -0.2) is 4.39 Å². The number of pyridine rings is 1. The Bertz CT molecular complexity index is 690. The quantitative estimate of drug-likeness (QED) is 0.867. The maximum absolute atomic E-state index is 14.2. The Morgan fingerprint density at radius 1 is 1.25 bits per heavy atom. The van der Waals surface area contributed by atoms with Crippen LogP contribution in [0.15, 0.2) is 42.7 Å². The fourth-order valence-electron chi connectivity index (χ4n) is 2.78. The first kappa shape index (κ1) is 16.8. The number of nitrogens with zero attached hydrogens (tertiary/aromatic N) is 2. The second-order valence-electron chi connectivity index (χ2n) is 5.73. The van der Waals surface area contributed by atoms with E-state index in [1.807, 2.05) is 18.2 Å². The van der Waals surface area contributed by atoms with Gasteiger partial charge >= 0.3 is 0 Å². The van der Waals surface area contributed by atoms with Gasteiger partial charge in [-0.15, -0.1) is 11.8 Å². The largest absolute Gasteiger partial charge is 0.370 e. The summed E-state index contributed by atoms with van der Waals surface area (Å²) >= 11 is 1.49. The molecule has 4 nitrogen and oxygen atoms in total. The SMILES string of the molecule is O=C(CSCc1cccnc1)Nc1c(F)cccc1N1CCCC1. The first-order chi connectivity index (χ1) is 11.7. The van der Waals surface area contributed by atoms with E-state index in [1.54, 1.807) is 18.5 Å². The minimum absolute atomic E-state index is 0.186. The van der Waals surface area contributed by atoms with Crippen molar-refractivity contribution < 1.29 is 9.18 Å². The van der Waals surface area contributed by atoms with Crippen molar-refractivity contribution in [3.05, 3.63) is 54.1 Å². The predicted molar refractivity (Wildman–Crippen MR) is 96.9 cm³/mol. The summed E-state index contributed by atoms with van der Waals surface area (Å²) in [7, 11) is 0. The number of carbonyl (C=O) groups is 1. The van der Waals surface area contributed by atoms with Gasteiger partial charge in [0.1, 0.15) is 11.5 Å². The van der Waals surface area contributed by atoms with Gasteiger partial charge in [0, 0.05) is 31.2 Å². The van der Waals surface area contributed by atoms with E-state index >= 15 is 0 Å². The zero-order chi connectivity index (χ0) is 16.8. The van der Waals surface area contributed by atoms with E-state index in [2.05, 4.69) is 15.2 Å². The van der Waals surface area contributed by atoms with Gasteiger partial charge in [-0.1, -0.05) is 12.1 Å². The summed E-state index contributed by atoms with van der Waals surface area (Å²) in [6.45, 7) is 1.81. The van der Waals surface area contributed by atoms with E-state index in [0.29, 0.717) is 11.4 Å². The number of carbonyl (C=O) groups excluding carboxylic acids is 1. The van der Waals surface area contributed by atoms with E-state index in [1.165, 1.54) is 17.8 Å². The van der Waals surface area contributed by atoms with Crippen LogP contribution in [-0.4, -0.2) is 29.7 Å². The van der Waals surface area contributed by atoms with Crippen LogP contribution in [0, 0.1) is 5.82 Å². The van der Waals surface area contributed by atoms with Crippen molar-refractivity contribution >= 4 is 29.0 Å². The zero-order valence-corrected chi connectivity index (χ0v) is 14.2. The number of amides is 1. The zero-order valence-electron chi connectivity index (χ0n) is 13.4. The molecule has 2 heterocycles. The number of hydrogen-bond donors (Lipinski definition) is 1. The summed E-state index contributed by atoms with van der Waals surface area (Å²) in [4.78, 5) is 18.4. The first-order valence-electron chi connectivity index (χ1n) is 8.04. The highest BCUT2D eigenvalue weighted by Crippen LogP contribution is 2.31. The predicted octanol–water partition coefficient (Wildman–Crippen LogP) is 3.69. The first-order valence-corrected chi connectivity index (χ1v) is 9.19. The molecule has 1 aromatic heterocycles. The molecule has 0 spiro atoms. The number of benzene rings is 1. The third kappa shape index (κ3) is 4.26. The van der Waals surface area contributed by atoms with Crippen LogP contribution in [0.2, 0.25) is 0 Å². The van der Waals surface area contributed by atoms with Gasteiger partial charge in [0.25, 0.3) is 0 Å². The third-order valence-corrected chi connectivity index (χ3v) is 4.93. The molecule has 1 aliphatic heterocycles. The summed E-state index contributed by atoms with van der Waals surface area (Å²) in [5.74, 6) is 0.416. The van der Waals surface area contributed by atoms with Crippen LogP contribution in [0.1, 0.15) is 18.4 Å². The molecule has 6 heteroatoms. The Kier molecular flexibility index (Phi) is 5.69. The Labute approximate surface area is 145 Å². The minimum atomic E-state index is -0.384. The van der Waals surface area contributed by atoms with Crippen molar-refractivity contribution in [1.82, 2.24) is 4.98 Å². The fraction of sp³-hybridized carbons (Fsp3) is 0.333. The summed E-state index contributed by atoms with van der Waals surface area (Å²) in [6.07, 6.45) is 5.71. The molecule has 0 unspecified atom stereocenters. The highest BCUT2D eigenvalue weighted by Gasteiger charge is 2.19. The lowest BCUT2D eigenvalue weighted by atomic mass is 10.2. The van der Waals surface area contributed by atoms with Crippen LogP contribution in [-0.2, 0) is 10.5 Å². The van der Waals surface area contributed by atoms with Crippen molar-refractivity contribution in [3.8, 4) is 0 Å². The van der Waals surface area contributed by atoms with E-state index in [4.69, 9.17) is 0 Å². The second kappa shape index (κ2) is 8.15. The summed E-state index contributed by atoms with van der Waals surface area (Å²) in [6, 6.07) is 8.79. The third-order valence-electron chi connectivity index (χ3n) is 3.93. The van der Waals surface area contributed by atoms with Gasteiger partial charge in [-0.2, -0.15) is 0 Å². The molecule has 1 saturated heterocycles. The lowest BCUT2D eigenvalue weighted by molar-refractivity contribution is -0.113. The molecule has 0 bridgehead atoms. The fourth-order valence-corrected chi connectivity index (χ4v) is 3.54. The molecule has 0 atom stereocenters. The van der Waals surface area contributed by atoms with E-state index in [0.717, 1.165) is 37.2 Å². The van der Waals surface area contributed by atoms with Crippen LogP contribution in [0.4, 0.5) is 15.8 Å². The van der Waals surface area contributed by atoms with Gasteiger partial charge in [-0.05, 0) is 36.6 Å². The Balaban J connectivity index is 1.59. The number of para-hydroxylation sites is 1. The molecular formula is C18H20FN3OS. The highest BCUT2D eigenvalue weighted by molar-refractivity contribution is 7.99. The molecule has 24 heavy (non-hydrogen) atoms. The summed E-state index contributed by atoms with van der Waals surface area (Å²) in [5, 5.41) is 2.75. The molecule has 1 aromatic carbocycles. The Morgan fingerprint density at radius 3 is 2.83 bits per heavy atom. The molecule has 0 saturated carbocycles. The maximum Gasteiger partial charge on any atom is 0.234 e. The monoisotopic (exact) mass is 345 g/mol. The average molecular weight is 345 g/mol. The van der Waals surface area contributed by atoms with Crippen molar-refractivity contribution in [1.29, 1.82) is 0 Å². The van der Waals surface area contributed by atoms with Crippen LogP contribution >= 0.6 is 11.8 Å². The minimum Gasteiger partial charge on any atom is -0.370 e. The smallest absolute Gasteiger partial charge is 0.234 e. The van der Waals surface area contributed by atoms with Crippen molar-refractivity contribution in [2.45, 2.75) is 18.6 Å². The molecule has 1 fully saturated rings. The Hall–Kier alpha value is -2.08. The number of aromatic nitrogens is 1. The standard InChI is InChI=1S/C18H20FN3OS/c19-15-6-3-7-16(22-9-1-2-10-22)18(15)21-17(23)13-24-12-14-5-4-8-20-11-14/h3-8,11H,1-2,9-10,12-13H2,(H,21,23). The average Bonchev–Trinajstić information content (AvgIpc) is 3.12. The van der Waals surface area contributed by atoms with Gasteiger partial charge in [0.15, 0.2) is 0 Å². The van der Waals surface area contributed by atoms with Crippen molar-refractivity contribution in [2.24, 2.45) is 0 Å².